The lowest BCUT2D eigenvalue weighted by molar-refractivity contribution is -0.132. The second-order valence-electron chi connectivity index (χ2n) is 27.6. The molecule has 99 heavy (non-hydrogen) atoms. The Balaban J connectivity index is 0.000000256. The van der Waals surface area contributed by atoms with Crippen LogP contribution in [-0.4, -0.2) is 239 Å². The fourth-order valence-corrected chi connectivity index (χ4v) is 12.2. The quantitative estimate of drug-likeness (QED) is 0.0534. The molecule has 9 rings (SSSR count). The van der Waals surface area contributed by atoms with Crippen LogP contribution in [0.2, 0.25) is 0 Å². The molecular formula is C74H112N6O19. The van der Waals surface area contributed by atoms with Gasteiger partial charge in [-0.1, -0.05) is 101 Å². The van der Waals surface area contributed by atoms with E-state index in [-0.39, 0.29) is 73.1 Å². The van der Waals surface area contributed by atoms with Crippen molar-refractivity contribution in [3.63, 3.8) is 0 Å². The van der Waals surface area contributed by atoms with Crippen LogP contribution in [0.4, 0.5) is 0 Å². The molecule has 25 nitrogen and oxygen atoms in total. The smallest absolute Gasteiger partial charge is 0.230 e. The van der Waals surface area contributed by atoms with E-state index in [1.807, 2.05) is 94.1 Å². The van der Waals surface area contributed by atoms with Gasteiger partial charge in [0.25, 0.3) is 0 Å². The Bertz CT molecular complexity index is 3280. The van der Waals surface area contributed by atoms with E-state index >= 15 is 0 Å². The van der Waals surface area contributed by atoms with Crippen molar-refractivity contribution >= 4 is 34.7 Å². The number of ketones is 6. The van der Waals surface area contributed by atoms with E-state index in [1.54, 1.807) is 19.0 Å². The number of nitrogens with zero attached hydrogens (tertiary/aromatic N) is 6. The Hall–Kier alpha value is -7.78. The zero-order valence-electron chi connectivity index (χ0n) is 60.7. The van der Waals surface area contributed by atoms with Gasteiger partial charge in [-0.25, -0.2) is 0 Å². The predicted octanol–water partition coefficient (Wildman–Crippen LogP) is 7.84. The van der Waals surface area contributed by atoms with Crippen LogP contribution in [0.5, 0.6) is 0 Å². The molecule has 1 heterocycles. The second-order valence-corrected chi connectivity index (χ2v) is 27.6. The van der Waals surface area contributed by atoms with Crippen LogP contribution in [0.3, 0.4) is 0 Å². The number of ether oxygens (including phenoxy) is 1. The zero-order chi connectivity index (χ0) is 74.8. The van der Waals surface area contributed by atoms with Gasteiger partial charge >= 0.3 is 0 Å². The van der Waals surface area contributed by atoms with E-state index in [9.17, 15) is 90.0 Å². The van der Waals surface area contributed by atoms with Crippen molar-refractivity contribution < 1.29 is 94.8 Å². The fraction of sp³-hybridized carbons (Fsp3) is 0.595. The molecule has 0 radical (unpaired) electrons. The van der Waals surface area contributed by atoms with Gasteiger partial charge in [0.05, 0.1) is 47.4 Å². The van der Waals surface area contributed by atoms with Crippen LogP contribution in [-0.2, 0) is 46.6 Å². The number of hydrogen-bond donors (Lipinski definition) is 12. The Labute approximate surface area is 583 Å². The number of unbranched alkanes of at least 4 members (excludes halogenated alkanes) is 2. The maximum Gasteiger partial charge on any atom is 0.230 e. The number of hydrogen-bond acceptors (Lipinski definition) is 25. The van der Waals surface area contributed by atoms with Crippen LogP contribution < -0.4 is 0 Å². The highest BCUT2D eigenvalue weighted by Crippen LogP contribution is 2.38. The Morgan fingerprint density at radius 2 is 0.657 bits per heavy atom. The van der Waals surface area contributed by atoms with Crippen LogP contribution in [0.15, 0.2) is 129 Å². The lowest BCUT2D eigenvalue weighted by Gasteiger charge is -2.30. The fourth-order valence-electron chi connectivity index (χ4n) is 12.2. The van der Waals surface area contributed by atoms with Crippen molar-refractivity contribution in [3.05, 3.63) is 141 Å². The summed E-state index contributed by atoms with van der Waals surface area (Å²) >= 11 is 0. The van der Waals surface area contributed by atoms with Gasteiger partial charge in [0, 0.05) is 118 Å². The minimum atomic E-state index is -1.54. The minimum Gasteiger partial charge on any atom is -0.503 e. The van der Waals surface area contributed by atoms with Crippen LogP contribution in [0, 0.1) is 0 Å². The monoisotopic (exact) mass is 1390 g/mol. The van der Waals surface area contributed by atoms with Crippen molar-refractivity contribution in [2.24, 2.45) is 0 Å². The van der Waals surface area contributed by atoms with Crippen molar-refractivity contribution in [1.29, 1.82) is 0 Å². The number of rotatable bonds is 22. The molecule has 6 aliphatic carbocycles. The molecule has 0 bridgehead atoms. The molecule has 6 unspecified atom stereocenters. The summed E-state index contributed by atoms with van der Waals surface area (Å²) in [5, 5.41) is 117. The molecule has 12 N–H and O–H groups in total. The van der Waals surface area contributed by atoms with E-state index in [1.165, 1.54) is 41.5 Å². The Morgan fingerprint density at radius 1 is 0.374 bits per heavy atom. The topological polar surface area (TPSA) is 374 Å². The first-order valence-corrected chi connectivity index (χ1v) is 34.4. The molecule has 552 valence electrons. The largest absolute Gasteiger partial charge is 0.503 e. The third-order valence-electron chi connectivity index (χ3n) is 18.1. The Morgan fingerprint density at radius 3 is 0.909 bits per heavy atom. The third kappa shape index (κ3) is 21.6. The number of carbonyl (C=O) groups is 6. The molecule has 0 saturated carbocycles. The molecule has 1 fully saturated rings. The summed E-state index contributed by atoms with van der Waals surface area (Å²) in [7, 11) is 3.44. The van der Waals surface area contributed by atoms with Crippen molar-refractivity contribution in [2.45, 2.75) is 207 Å². The average molecular weight is 1390 g/mol. The minimum absolute atomic E-state index is 0.122. The van der Waals surface area contributed by atoms with Crippen molar-refractivity contribution in [2.75, 3.05) is 79.7 Å². The molecule has 2 aromatic carbocycles. The summed E-state index contributed by atoms with van der Waals surface area (Å²) in [5.41, 5.74) is -3.24. The highest BCUT2D eigenvalue weighted by atomic mass is 16.5. The molecule has 1 aliphatic heterocycles. The second kappa shape index (κ2) is 36.0. The van der Waals surface area contributed by atoms with E-state index < -0.39 is 68.3 Å². The molecule has 6 atom stereocenters. The van der Waals surface area contributed by atoms with Crippen LogP contribution >= 0.6 is 0 Å². The number of Topliss-reactive ketones (excluding diaryl/α,β-unsaturated/α-hetero) is 6. The maximum absolute atomic E-state index is 12.1. The van der Waals surface area contributed by atoms with Gasteiger partial charge in [-0.05, 0) is 92.2 Å². The van der Waals surface area contributed by atoms with Gasteiger partial charge < -0.3 is 95.4 Å². The molecule has 2 aromatic rings. The number of morpholine rings is 1. The normalized spacial score (nSPS) is 25.8. The summed E-state index contributed by atoms with van der Waals surface area (Å²) in [4.78, 5) is 80.8. The summed E-state index contributed by atoms with van der Waals surface area (Å²) in [6, 6.07) is 19.8. The van der Waals surface area contributed by atoms with E-state index in [0.717, 1.165) is 88.9 Å². The number of aliphatic hydroxyl groups is 12. The summed E-state index contributed by atoms with van der Waals surface area (Å²) in [6.07, 6.45) is 7.25. The highest BCUT2D eigenvalue weighted by molar-refractivity contribution is 6.05. The molecule has 1 saturated heterocycles. The lowest BCUT2D eigenvalue weighted by atomic mass is 10.0. The van der Waals surface area contributed by atoms with E-state index in [0.29, 0.717) is 73.6 Å². The first-order valence-electron chi connectivity index (χ1n) is 34.4. The first kappa shape index (κ1) is 83.6. The molecule has 25 heteroatoms. The van der Waals surface area contributed by atoms with Crippen molar-refractivity contribution in [1.82, 2.24) is 29.4 Å². The molecular weight excluding hydrogens is 1280 g/mol. The van der Waals surface area contributed by atoms with Gasteiger partial charge in [0.15, 0.2) is 34.6 Å². The van der Waals surface area contributed by atoms with Crippen molar-refractivity contribution in [3.8, 4) is 0 Å². The number of aliphatic hydroxyl groups excluding tert-OH is 6. The third-order valence-corrected chi connectivity index (χ3v) is 18.1. The van der Waals surface area contributed by atoms with Gasteiger partial charge in [-0.3, -0.25) is 28.8 Å². The Kier molecular flexibility index (Phi) is 30.4. The van der Waals surface area contributed by atoms with Gasteiger partial charge in [-0.15, -0.1) is 0 Å². The van der Waals surface area contributed by atoms with Gasteiger partial charge in [0.1, 0.15) is 33.6 Å². The SMILES string of the molecule is CC1(O)CC(N(Cc2ccccc2)Cc2ccccc2)=C(O)C1=O.CC1(O)CC(N2CCOCC2)=C(O)C1=O.CCCCN(CCCC)C1=C(O)C(=O)C(C)(O)C1.CCCN(CCC)C1=C(O)C(=O)C(C)(O)C1.CCN(CC)C1=C(O)C(=O)C(C)(O)C1.CN(C)C1=C(O)C(=O)C(C)(O)C1. The maximum atomic E-state index is 12.1. The lowest BCUT2D eigenvalue weighted by Crippen LogP contribution is -2.36. The zero-order valence-corrected chi connectivity index (χ0v) is 60.7. The summed E-state index contributed by atoms with van der Waals surface area (Å²) in [6.45, 7) is 29.2. The molecule has 7 aliphatic rings. The highest BCUT2D eigenvalue weighted by Gasteiger charge is 2.48. The summed E-state index contributed by atoms with van der Waals surface area (Å²) < 4.78 is 5.18. The van der Waals surface area contributed by atoms with Gasteiger partial charge in [-0.2, -0.15) is 0 Å². The van der Waals surface area contributed by atoms with E-state index in [2.05, 4.69) is 32.6 Å². The number of carbonyl (C=O) groups excluding carboxylic acids is 6. The standard InChI is InChI=1S/C20H21NO3.C14H25NO3.C12H21NO3.C10H15NO4.C10H17NO3.C8H13NO3/c1-20(24)12-17(18(22)19(20)23)21(13-15-8-4-2-5-9-15)14-16-10-6-3-7-11-16;1-4-6-8-15(9-7-5-2)11-10-14(3,18)13(17)12(11)16;1-4-6-13(7-5-2)9-8-12(3,16)11(15)10(9)14;1-10(14)6-7(8(12)9(10)13)11-2-4-15-5-3-11;1-4-11(5-2)7-6-10(3,14)9(13)8(7)12;1-8(12)4-5(9(2)3)6(10)7(8)11/h2-11,22,24H,12-14H2,1H3;16,18H,4-10H2,1-3H3;14,16H,4-8H2,1-3H3;12,14H,2-6H2,1H3;12,14H,4-6H2,1-3H3;10,12H,4H2,1-3H3. The average Bonchev–Trinajstić information content (AvgIpc) is 1.69. The van der Waals surface area contributed by atoms with E-state index in [4.69, 9.17) is 4.74 Å². The summed E-state index contributed by atoms with van der Waals surface area (Å²) in [5.74, 6) is -5.16. The predicted molar refractivity (Wildman–Crippen MR) is 374 cm³/mol. The molecule has 0 amide bonds. The van der Waals surface area contributed by atoms with Crippen LogP contribution in [0.1, 0.15) is 171 Å². The van der Waals surface area contributed by atoms with Gasteiger partial charge in [0.2, 0.25) is 34.7 Å². The number of benzene rings is 2. The van der Waals surface area contributed by atoms with Crippen LogP contribution in [0.25, 0.3) is 0 Å². The molecule has 0 aromatic heterocycles. The first-order chi connectivity index (χ1) is 46.2. The molecule has 0 spiro atoms.